The number of amides is 2. The van der Waals surface area contributed by atoms with E-state index in [0.29, 0.717) is 6.61 Å². The monoisotopic (exact) mass is 297 g/mol. The molecular formula is C17H19N3O2. The fourth-order valence-electron chi connectivity index (χ4n) is 2.62. The Morgan fingerprint density at radius 1 is 1.14 bits per heavy atom. The highest BCUT2D eigenvalue weighted by Gasteiger charge is 2.24. The van der Waals surface area contributed by atoms with Gasteiger partial charge < -0.3 is 15.4 Å². The van der Waals surface area contributed by atoms with Crippen molar-refractivity contribution in [3.63, 3.8) is 0 Å². The van der Waals surface area contributed by atoms with Crippen LogP contribution in [0.4, 0.5) is 10.5 Å². The lowest BCUT2D eigenvalue weighted by molar-refractivity contribution is 0.00254. The van der Waals surface area contributed by atoms with Crippen LogP contribution in [0.25, 0.3) is 0 Å². The fourth-order valence-corrected chi connectivity index (χ4v) is 2.62. The molecule has 2 aromatic rings. The number of ether oxygens (including phenoxy) is 1. The lowest BCUT2D eigenvalue weighted by atomic mass is 9.97. The molecule has 114 valence electrons. The molecule has 3 rings (SSSR count). The van der Waals surface area contributed by atoms with Gasteiger partial charge in [-0.3, -0.25) is 4.98 Å². The third-order valence-corrected chi connectivity index (χ3v) is 3.73. The second-order valence-electron chi connectivity index (χ2n) is 5.33. The van der Waals surface area contributed by atoms with Crippen molar-refractivity contribution in [2.24, 2.45) is 0 Å². The van der Waals surface area contributed by atoms with Crippen LogP contribution in [0.3, 0.4) is 0 Å². The summed E-state index contributed by atoms with van der Waals surface area (Å²) in [4.78, 5) is 16.0. The quantitative estimate of drug-likeness (QED) is 0.915. The van der Waals surface area contributed by atoms with Crippen molar-refractivity contribution in [3.8, 4) is 0 Å². The minimum Gasteiger partial charge on any atom is -0.373 e. The van der Waals surface area contributed by atoms with Crippen molar-refractivity contribution in [3.05, 3.63) is 60.4 Å². The molecule has 2 N–H and O–H groups in total. The predicted octanol–water partition coefficient (Wildman–Crippen LogP) is 3.12. The zero-order valence-corrected chi connectivity index (χ0v) is 12.2. The van der Waals surface area contributed by atoms with Gasteiger partial charge in [0.25, 0.3) is 0 Å². The lowest BCUT2D eigenvalue weighted by Gasteiger charge is -2.30. The molecule has 5 heteroatoms. The Labute approximate surface area is 129 Å². The van der Waals surface area contributed by atoms with Gasteiger partial charge in [-0.1, -0.05) is 30.3 Å². The number of hydrogen-bond acceptors (Lipinski definition) is 3. The van der Waals surface area contributed by atoms with E-state index in [1.807, 2.05) is 18.2 Å². The van der Waals surface area contributed by atoms with Crippen LogP contribution in [0.15, 0.2) is 54.9 Å². The van der Waals surface area contributed by atoms with Gasteiger partial charge in [-0.05, 0) is 30.5 Å². The normalized spacial score (nSPS) is 21.1. The molecule has 22 heavy (non-hydrogen) atoms. The number of aromatic nitrogens is 1. The third-order valence-electron chi connectivity index (χ3n) is 3.73. The van der Waals surface area contributed by atoms with Crippen LogP contribution in [-0.4, -0.2) is 23.7 Å². The molecule has 0 aliphatic carbocycles. The summed E-state index contributed by atoms with van der Waals surface area (Å²) in [5.41, 5.74) is 1.89. The number of carbonyl (C=O) groups excluding carboxylic acids is 1. The number of benzene rings is 1. The van der Waals surface area contributed by atoms with E-state index in [2.05, 4.69) is 27.8 Å². The van der Waals surface area contributed by atoms with Crippen LogP contribution >= 0.6 is 0 Å². The summed E-state index contributed by atoms with van der Waals surface area (Å²) in [6.45, 7) is 0.653. The maximum atomic E-state index is 12.0. The largest absolute Gasteiger partial charge is 0.373 e. The number of urea groups is 1. The summed E-state index contributed by atoms with van der Waals surface area (Å²) in [6.07, 6.45) is 4.95. The fraction of sp³-hybridized carbons (Fsp3) is 0.294. The third kappa shape index (κ3) is 3.83. The molecule has 1 fully saturated rings. The molecular weight excluding hydrogens is 278 g/mol. The van der Waals surface area contributed by atoms with Crippen molar-refractivity contribution >= 4 is 11.7 Å². The van der Waals surface area contributed by atoms with E-state index in [1.165, 1.54) is 0 Å². The maximum absolute atomic E-state index is 12.0. The second kappa shape index (κ2) is 7.04. The van der Waals surface area contributed by atoms with Crippen LogP contribution in [0.1, 0.15) is 24.5 Å². The minimum atomic E-state index is -0.190. The SMILES string of the molecule is O=C(Nc1ccncc1)N[C@H]1CCO[C@H](c2ccccc2)C1. The average molecular weight is 297 g/mol. The molecule has 0 radical (unpaired) electrons. The van der Waals surface area contributed by atoms with E-state index in [0.717, 1.165) is 24.1 Å². The molecule has 2 heterocycles. The summed E-state index contributed by atoms with van der Waals surface area (Å²) in [6, 6.07) is 13.6. The number of pyridine rings is 1. The second-order valence-corrected chi connectivity index (χ2v) is 5.33. The van der Waals surface area contributed by atoms with Gasteiger partial charge in [0.05, 0.1) is 6.10 Å². The first-order valence-electron chi connectivity index (χ1n) is 7.45. The van der Waals surface area contributed by atoms with Crippen LogP contribution in [0.5, 0.6) is 0 Å². The summed E-state index contributed by atoms with van der Waals surface area (Å²) < 4.78 is 5.81. The lowest BCUT2D eigenvalue weighted by Crippen LogP contribution is -2.42. The van der Waals surface area contributed by atoms with Gasteiger partial charge in [-0.25, -0.2) is 4.79 Å². The Bertz CT molecular complexity index is 604. The Morgan fingerprint density at radius 2 is 1.91 bits per heavy atom. The van der Waals surface area contributed by atoms with Gasteiger partial charge in [-0.15, -0.1) is 0 Å². The maximum Gasteiger partial charge on any atom is 0.319 e. The van der Waals surface area contributed by atoms with Crippen molar-refractivity contribution in [2.75, 3.05) is 11.9 Å². The molecule has 0 unspecified atom stereocenters. The van der Waals surface area contributed by atoms with E-state index >= 15 is 0 Å². The molecule has 5 nitrogen and oxygen atoms in total. The zero-order chi connectivity index (χ0) is 15.2. The Kier molecular flexibility index (Phi) is 4.65. The van der Waals surface area contributed by atoms with E-state index in [1.54, 1.807) is 24.5 Å². The first kappa shape index (κ1) is 14.5. The average Bonchev–Trinajstić information content (AvgIpc) is 2.57. The Balaban J connectivity index is 1.55. The van der Waals surface area contributed by atoms with Crippen LogP contribution in [0.2, 0.25) is 0 Å². The first-order valence-corrected chi connectivity index (χ1v) is 7.45. The highest BCUT2D eigenvalue weighted by atomic mass is 16.5. The van der Waals surface area contributed by atoms with Crippen LogP contribution in [0, 0.1) is 0 Å². The minimum absolute atomic E-state index is 0.0428. The number of rotatable bonds is 3. The number of nitrogens with zero attached hydrogens (tertiary/aromatic N) is 1. The number of carbonyl (C=O) groups is 1. The van der Waals surface area contributed by atoms with Crippen molar-refractivity contribution < 1.29 is 9.53 Å². The van der Waals surface area contributed by atoms with E-state index in [4.69, 9.17) is 4.74 Å². The smallest absolute Gasteiger partial charge is 0.319 e. The van der Waals surface area contributed by atoms with Crippen LogP contribution < -0.4 is 10.6 Å². The van der Waals surface area contributed by atoms with Crippen molar-refractivity contribution in [1.82, 2.24) is 10.3 Å². The van der Waals surface area contributed by atoms with E-state index in [-0.39, 0.29) is 18.2 Å². The first-order chi connectivity index (χ1) is 10.8. The molecule has 0 spiro atoms. The highest BCUT2D eigenvalue weighted by molar-refractivity contribution is 5.89. The summed E-state index contributed by atoms with van der Waals surface area (Å²) >= 11 is 0. The molecule has 1 saturated heterocycles. The molecule has 0 saturated carbocycles. The highest BCUT2D eigenvalue weighted by Crippen LogP contribution is 2.27. The van der Waals surface area contributed by atoms with Gasteiger partial charge >= 0.3 is 6.03 Å². The topological polar surface area (TPSA) is 63.2 Å². The van der Waals surface area contributed by atoms with Crippen LogP contribution in [-0.2, 0) is 4.74 Å². The molecule has 2 atom stereocenters. The number of nitrogens with one attached hydrogen (secondary N) is 2. The number of anilines is 1. The Morgan fingerprint density at radius 3 is 2.68 bits per heavy atom. The molecule has 1 aliphatic rings. The standard InChI is InChI=1S/C17H19N3O2/c21-17(19-14-6-9-18-10-7-14)20-15-8-11-22-16(12-15)13-4-2-1-3-5-13/h1-7,9-10,15-16H,8,11-12H2,(H2,18,19,20,21)/t15-,16-/m0/s1. The molecule has 2 amide bonds. The summed E-state index contributed by atoms with van der Waals surface area (Å²) in [5, 5.41) is 5.83. The van der Waals surface area contributed by atoms with Gasteiger partial charge in [0, 0.05) is 30.7 Å². The van der Waals surface area contributed by atoms with Gasteiger partial charge in [0.2, 0.25) is 0 Å². The Hall–Kier alpha value is -2.40. The van der Waals surface area contributed by atoms with Gasteiger partial charge in [0.1, 0.15) is 0 Å². The zero-order valence-electron chi connectivity index (χ0n) is 12.2. The molecule has 1 aromatic carbocycles. The van der Waals surface area contributed by atoms with Gasteiger partial charge in [0.15, 0.2) is 0 Å². The molecule has 1 aromatic heterocycles. The van der Waals surface area contributed by atoms with Crippen molar-refractivity contribution in [2.45, 2.75) is 25.0 Å². The van der Waals surface area contributed by atoms with Gasteiger partial charge in [-0.2, -0.15) is 0 Å². The molecule has 0 bridgehead atoms. The van der Waals surface area contributed by atoms with Crippen molar-refractivity contribution in [1.29, 1.82) is 0 Å². The molecule has 1 aliphatic heterocycles. The van der Waals surface area contributed by atoms with E-state index < -0.39 is 0 Å². The summed E-state index contributed by atoms with van der Waals surface area (Å²) in [7, 11) is 0. The predicted molar refractivity (Wildman–Crippen MR) is 84.5 cm³/mol. The number of hydrogen-bond donors (Lipinski definition) is 2. The van der Waals surface area contributed by atoms with E-state index in [9.17, 15) is 4.79 Å². The summed E-state index contributed by atoms with van der Waals surface area (Å²) in [5.74, 6) is 0.